The molecular formula is C10H11FO3. The summed E-state index contributed by atoms with van der Waals surface area (Å²) in [6.07, 6.45) is 0. The molecule has 1 aromatic carbocycles. The summed E-state index contributed by atoms with van der Waals surface area (Å²) in [4.78, 5) is 10.6. The fourth-order valence-electron chi connectivity index (χ4n) is 1.13. The van der Waals surface area contributed by atoms with Crippen molar-refractivity contribution in [3.05, 3.63) is 35.1 Å². The average molecular weight is 198 g/mol. The van der Waals surface area contributed by atoms with Crippen LogP contribution in [0.4, 0.5) is 4.39 Å². The molecule has 0 saturated heterocycles. The van der Waals surface area contributed by atoms with E-state index >= 15 is 0 Å². The normalized spacial score (nSPS) is 11.4. The van der Waals surface area contributed by atoms with Crippen molar-refractivity contribution in [2.45, 2.75) is 19.4 Å². The third kappa shape index (κ3) is 2.09. The van der Waals surface area contributed by atoms with E-state index < -0.39 is 17.4 Å². The van der Waals surface area contributed by atoms with Crippen LogP contribution in [0.25, 0.3) is 0 Å². The summed E-state index contributed by atoms with van der Waals surface area (Å²) >= 11 is 0. The zero-order chi connectivity index (χ0) is 10.9. The van der Waals surface area contributed by atoms with E-state index in [1.807, 2.05) is 0 Å². The molecule has 0 spiro atoms. The van der Waals surface area contributed by atoms with Crippen LogP contribution in [0.5, 0.6) is 0 Å². The van der Waals surface area contributed by atoms with Crippen molar-refractivity contribution in [1.82, 2.24) is 0 Å². The Balaban J connectivity index is 3.29. The van der Waals surface area contributed by atoms with Crippen LogP contribution in [0.1, 0.15) is 29.8 Å². The molecule has 0 bridgehead atoms. The third-order valence-corrected chi connectivity index (χ3v) is 1.87. The number of halogens is 1. The molecular weight excluding hydrogens is 187 g/mol. The number of rotatable bonds is 2. The molecule has 0 radical (unpaired) electrons. The van der Waals surface area contributed by atoms with Gasteiger partial charge in [0, 0.05) is 5.56 Å². The number of aromatic carboxylic acids is 1. The Morgan fingerprint density at radius 2 is 2.00 bits per heavy atom. The predicted octanol–water partition coefficient (Wildman–Crippen LogP) is 1.75. The van der Waals surface area contributed by atoms with Crippen LogP contribution >= 0.6 is 0 Å². The van der Waals surface area contributed by atoms with Crippen molar-refractivity contribution in [3.8, 4) is 0 Å². The number of benzene rings is 1. The largest absolute Gasteiger partial charge is 0.478 e. The summed E-state index contributed by atoms with van der Waals surface area (Å²) in [6, 6.07) is 3.33. The number of hydrogen-bond acceptors (Lipinski definition) is 2. The lowest BCUT2D eigenvalue weighted by molar-refractivity contribution is 0.0689. The molecule has 0 fully saturated rings. The van der Waals surface area contributed by atoms with Crippen LogP contribution in [-0.2, 0) is 5.60 Å². The maximum Gasteiger partial charge on any atom is 0.335 e. The highest BCUT2D eigenvalue weighted by molar-refractivity contribution is 5.87. The smallest absolute Gasteiger partial charge is 0.335 e. The van der Waals surface area contributed by atoms with E-state index in [4.69, 9.17) is 5.11 Å². The van der Waals surface area contributed by atoms with Gasteiger partial charge in [0.2, 0.25) is 0 Å². The van der Waals surface area contributed by atoms with E-state index in [1.54, 1.807) is 0 Å². The maximum atomic E-state index is 13.2. The van der Waals surface area contributed by atoms with E-state index in [-0.39, 0.29) is 11.1 Å². The Morgan fingerprint density at radius 1 is 1.43 bits per heavy atom. The van der Waals surface area contributed by atoms with Gasteiger partial charge >= 0.3 is 5.97 Å². The Hall–Kier alpha value is -1.42. The van der Waals surface area contributed by atoms with E-state index in [1.165, 1.54) is 13.8 Å². The fourth-order valence-corrected chi connectivity index (χ4v) is 1.13. The summed E-state index contributed by atoms with van der Waals surface area (Å²) in [5.41, 5.74) is -1.43. The summed E-state index contributed by atoms with van der Waals surface area (Å²) in [5.74, 6) is -1.75. The van der Waals surface area contributed by atoms with Gasteiger partial charge < -0.3 is 10.2 Å². The topological polar surface area (TPSA) is 57.5 Å². The Kier molecular flexibility index (Phi) is 2.57. The molecule has 0 aromatic heterocycles. The lowest BCUT2D eigenvalue weighted by atomic mass is 9.96. The first-order chi connectivity index (χ1) is 6.32. The minimum Gasteiger partial charge on any atom is -0.478 e. The first kappa shape index (κ1) is 10.7. The fraction of sp³-hybridized carbons (Fsp3) is 0.300. The van der Waals surface area contributed by atoms with Crippen molar-refractivity contribution < 1.29 is 19.4 Å². The van der Waals surface area contributed by atoms with E-state index in [0.717, 1.165) is 18.2 Å². The molecule has 0 aliphatic rings. The highest BCUT2D eigenvalue weighted by Gasteiger charge is 2.21. The van der Waals surface area contributed by atoms with Crippen molar-refractivity contribution in [3.63, 3.8) is 0 Å². The molecule has 4 heteroatoms. The van der Waals surface area contributed by atoms with Crippen molar-refractivity contribution >= 4 is 5.97 Å². The highest BCUT2D eigenvalue weighted by atomic mass is 19.1. The van der Waals surface area contributed by atoms with Crippen LogP contribution in [0.15, 0.2) is 18.2 Å². The number of aliphatic hydroxyl groups is 1. The molecule has 1 aromatic rings. The molecule has 0 unspecified atom stereocenters. The molecule has 3 nitrogen and oxygen atoms in total. The molecule has 0 amide bonds. The lowest BCUT2D eigenvalue weighted by Crippen LogP contribution is -2.18. The van der Waals surface area contributed by atoms with Gasteiger partial charge in [0.25, 0.3) is 0 Å². The molecule has 0 atom stereocenters. The molecule has 0 saturated carbocycles. The van der Waals surface area contributed by atoms with Crippen LogP contribution in [-0.4, -0.2) is 16.2 Å². The summed E-state index contributed by atoms with van der Waals surface area (Å²) in [6.45, 7) is 2.80. The van der Waals surface area contributed by atoms with Crippen LogP contribution in [0, 0.1) is 5.82 Å². The standard InChI is InChI=1S/C10H11FO3/c1-10(2,14)7-5-6(9(12)13)3-4-8(7)11/h3-5,14H,1-2H3,(H,12,13). The summed E-state index contributed by atoms with van der Waals surface area (Å²) in [7, 11) is 0. The lowest BCUT2D eigenvalue weighted by Gasteiger charge is -2.18. The molecule has 2 N–H and O–H groups in total. The van der Waals surface area contributed by atoms with E-state index in [2.05, 4.69) is 0 Å². The molecule has 76 valence electrons. The number of hydrogen-bond donors (Lipinski definition) is 2. The molecule has 0 aliphatic carbocycles. The minimum absolute atomic E-state index is 0.0163. The van der Waals surface area contributed by atoms with E-state index in [9.17, 15) is 14.3 Å². The van der Waals surface area contributed by atoms with Gasteiger partial charge in [-0.1, -0.05) is 0 Å². The number of carboxylic acids is 1. The summed E-state index contributed by atoms with van der Waals surface area (Å²) in [5, 5.41) is 18.2. The second kappa shape index (κ2) is 3.38. The zero-order valence-electron chi connectivity index (χ0n) is 7.91. The average Bonchev–Trinajstić information content (AvgIpc) is 2.02. The summed E-state index contributed by atoms with van der Waals surface area (Å²) < 4.78 is 13.2. The molecule has 14 heavy (non-hydrogen) atoms. The molecule has 0 aliphatic heterocycles. The SMILES string of the molecule is CC(C)(O)c1cc(C(=O)O)ccc1F. The second-order valence-electron chi connectivity index (χ2n) is 3.56. The van der Waals surface area contributed by atoms with Gasteiger partial charge in [-0.15, -0.1) is 0 Å². The Labute approximate surface area is 80.8 Å². The van der Waals surface area contributed by atoms with Gasteiger partial charge in [-0.25, -0.2) is 9.18 Å². The van der Waals surface area contributed by atoms with Gasteiger partial charge in [-0.3, -0.25) is 0 Å². The first-order valence-corrected chi connectivity index (χ1v) is 4.08. The highest BCUT2D eigenvalue weighted by Crippen LogP contribution is 2.23. The van der Waals surface area contributed by atoms with Crippen LogP contribution in [0.3, 0.4) is 0 Å². The van der Waals surface area contributed by atoms with Crippen molar-refractivity contribution in [2.24, 2.45) is 0 Å². The predicted molar refractivity (Wildman–Crippen MR) is 48.6 cm³/mol. The second-order valence-corrected chi connectivity index (χ2v) is 3.56. The van der Waals surface area contributed by atoms with Crippen LogP contribution in [0.2, 0.25) is 0 Å². The van der Waals surface area contributed by atoms with E-state index in [0.29, 0.717) is 0 Å². The van der Waals surface area contributed by atoms with Gasteiger partial charge in [-0.2, -0.15) is 0 Å². The number of carbonyl (C=O) groups is 1. The molecule has 1 rings (SSSR count). The van der Waals surface area contributed by atoms with Gasteiger partial charge in [0.15, 0.2) is 0 Å². The van der Waals surface area contributed by atoms with Gasteiger partial charge in [0.1, 0.15) is 5.82 Å². The third-order valence-electron chi connectivity index (χ3n) is 1.87. The minimum atomic E-state index is -1.38. The Morgan fingerprint density at radius 3 is 2.43 bits per heavy atom. The first-order valence-electron chi connectivity index (χ1n) is 4.08. The van der Waals surface area contributed by atoms with Crippen molar-refractivity contribution in [1.29, 1.82) is 0 Å². The monoisotopic (exact) mass is 198 g/mol. The zero-order valence-corrected chi connectivity index (χ0v) is 7.91. The maximum absolute atomic E-state index is 13.2. The van der Waals surface area contributed by atoms with Crippen molar-refractivity contribution in [2.75, 3.05) is 0 Å². The molecule has 0 heterocycles. The van der Waals surface area contributed by atoms with Gasteiger partial charge in [-0.05, 0) is 32.0 Å². The van der Waals surface area contributed by atoms with Crippen LogP contribution < -0.4 is 0 Å². The van der Waals surface area contributed by atoms with Gasteiger partial charge in [0.05, 0.1) is 11.2 Å². The Bertz CT molecular complexity index is 366. The number of carboxylic acid groups (broad SMARTS) is 1. The quantitative estimate of drug-likeness (QED) is 0.761.